The molecule has 1 N–H and O–H groups in total. The van der Waals surface area contributed by atoms with Crippen molar-refractivity contribution in [3.8, 4) is 11.3 Å². The van der Waals surface area contributed by atoms with Crippen LogP contribution in [0.15, 0.2) is 36.4 Å². The molecule has 3 nitrogen and oxygen atoms in total. The molecule has 0 fully saturated rings. The number of pyridine rings is 1. The zero-order chi connectivity index (χ0) is 14.7. The number of hydrogen-bond acceptors (Lipinski definition) is 2. The SMILES string of the molecule is CCc1cc(C(=O)O)c(C(C)C)nc1-c1ccccc1. The molecule has 0 unspecified atom stereocenters. The Balaban J connectivity index is 2.69. The van der Waals surface area contributed by atoms with E-state index in [9.17, 15) is 9.90 Å². The molecule has 0 radical (unpaired) electrons. The summed E-state index contributed by atoms with van der Waals surface area (Å²) in [5.74, 6) is -0.829. The van der Waals surface area contributed by atoms with Crippen molar-refractivity contribution in [2.75, 3.05) is 0 Å². The van der Waals surface area contributed by atoms with Gasteiger partial charge in [-0.25, -0.2) is 4.79 Å². The van der Waals surface area contributed by atoms with Crippen molar-refractivity contribution in [2.24, 2.45) is 0 Å². The van der Waals surface area contributed by atoms with Gasteiger partial charge in [-0.1, -0.05) is 51.1 Å². The molecule has 0 aliphatic heterocycles. The highest BCUT2D eigenvalue weighted by Gasteiger charge is 2.18. The Kier molecular flexibility index (Phi) is 4.18. The van der Waals surface area contributed by atoms with Gasteiger partial charge < -0.3 is 5.11 Å². The van der Waals surface area contributed by atoms with E-state index < -0.39 is 5.97 Å². The minimum atomic E-state index is -0.907. The monoisotopic (exact) mass is 269 g/mol. The Morgan fingerprint density at radius 1 is 1.25 bits per heavy atom. The van der Waals surface area contributed by atoms with Gasteiger partial charge in [0.2, 0.25) is 0 Å². The van der Waals surface area contributed by atoms with Crippen molar-refractivity contribution >= 4 is 5.97 Å². The lowest BCUT2D eigenvalue weighted by Crippen LogP contribution is -2.09. The van der Waals surface area contributed by atoms with E-state index >= 15 is 0 Å². The zero-order valence-corrected chi connectivity index (χ0v) is 12.1. The highest BCUT2D eigenvalue weighted by Crippen LogP contribution is 2.27. The molecular formula is C17H19NO2. The summed E-state index contributed by atoms with van der Waals surface area (Å²) >= 11 is 0. The Hall–Kier alpha value is -2.16. The van der Waals surface area contributed by atoms with E-state index in [-0.39, 0.29) is 5.92 Å². The third kappa shape index (κ3) is 2.72. The van der Waals surface area contributed by atoms with Gasteiger partial charge in [-0.05, 0) is 24.0 Å². The summed E-state index contributed by atoms with van der Waals surface area (Å²) in [6.45, 7) is 5.95. The quantitative estimate of drug-likeness (QED) is 0.907. The predicted molar refractivity (Wildman–Crippen MR) is 80.1 cm³/mol. The maximum Gasteiger partial charge on any atom is 0.337 e. The smallest absolute Gasteiger partial charge is 0.337 e. The first kappa shape index (κ1) is 14.3. The topological polar surface area (TPSA) is 50.2 Å². The van der Waals surface area contributed by atoms with Crippen LogP contribution in [-0.2, 0) is 6.42 Å². The van der Waals surface area contributed by atoms with Crippen LogP contribution in [-0.4, -0.2) is 16.1 Å². The molecule has 2 aromatic rings. The highest BCUT2D eigenvalue weighted by atomic mass is 16.4. The average Bonchev–Trinajstić information content (AvgIpc) is 2.46. The molecule has 0 saturated heterocycles. The summed E-state index contributed by atoms with van der Waals surface area (Å²) in [6, 6.07) is 11.7. The number of aromatic nitrogens is 1. The van der Waals surface area contributed by atoms with Gasteiger partial charge in [0.15, 0.2) is 0 Å². The van der Waals surface area contributed by atoms with Crippen molar-refractivity contribution in [3.63, 3.8) is 0 Å². The third-order valence-electron chi connectivity index (χ3n) is 3.34. The lowest BCUT2D eigenvalue weighted by Gasteiger charge is -2.15. The summed E-state index contributed by atoms with van der Waals surface area (Å²) < 4.78 is 0. The number of aromatic carboxylic acids is 1. The summed E-state index contributed by atoms with van der Waals surface area (Å²) in [4.78, 5) is 16.1. The number of carboxylic acid groups (broad SMARTS) is 1. The molecule has 3 heteroatoms. The zero-order valence-electron chi connectivity index (χ0n) is 12.1. The molecule has 0 bridgehead atoms. The van der Waals surface area contributed by atoms with Crippen molar-refractivity contribution in [1.82, 2.24) is 4.98 Å². The number of carbonyl (C=O) groups is 1. The number of carboxylic acids is 1. The van der Waals surface area contributed by atoms with Crippen molar-refractivity contribution < 1.29 is 9.90 Å². The lowest BCUT2D eigenvalue weighted by atomic mass is 9.96. The van der Waals surface area contributed by atoms with Crippen molar-refractivity contribution in [2.45, 2.75) is 33.1 Å². The van der Waals surface area contributed by atoms with Gasteiger partial charge >= 0.3 is 5.97 Å². The number of benzene rings is 1. The molecule has 1 aromatic carbocycles. The Bertz CT molecular complexity index is 618. The molecule has 0 atom stereocenters. The van der Waals surface area contributed by atoms with Crippen LogP contribution in [0.4, 0.5) is 0 Å². The van der Waals surface area contributed by atoms with E-state index in [1.54, 1.807) is 6.07 Å². The van der Waals surface area contributed by atoms with Crippen LogP contribution >= 0.6 is 0 Å². The van der Waals surface area contributed by atoms with Gasteiger partial charge in [0.05, 0.1) is 17.0 Å². The molecule has 104 valence electrons. The average molecular weight is 269 g/mol. The largest absolute Gasteiger partial charge is 0.478 e. The van der Waals surface area contributed by atoms with Crippen LogP contribution in [0.5, 0.6) is 0 Å². The first-order valence-electron chi connectivity index (χ1n) is 6.87. The molecule has 0 aliphatic carbocycles. The maximum atomic E-state index is 11.4. The molecule has 20 heavy (non-hydrogen) atoms. The molecule has 0 aliphatic rings. The highest BCUT2D eigenvalue weighted by molar-refractivity contribution is 5.90. The Morgan fingerprint density at radius 2 is 1.90 bits per heavy atom. The van der Waals surface area contributed by atoms with Crippen LogP contribution in [0, 0.1) is 0 Å². The summed E-state index contributed by atoms with van der Waals surface area (Å²) in [6.07, 6.45) is 0.760. The molecule has 1 aromatic heterocycles. The molecule has 0 saturated carbocycles. The lowest BCUT2D eigenvalue weighted by molar-refractivity contribution is 0.0694. The number of aryl methyl sites for hydroxylation is 1. The van der Waals surface area contributed by atoms with Crippen LogP contribution in [0.25, 0.3) is 11.3 Å². The van der Waals surface area contributed by atoms with Gasteiger partial charge in [0.25, 0.3) is 0 Å². The first-order chi connectivity index (χ1) is 9.54. The summed E-state index contributed by atoms with van der Waals surface area (Å²) in [5, 5.41) is 9.36. The standard InChI is InChI=1S/C17H19NO2/c1-4-12-10-14(17(19)20)15(11(2)3)18-16(12)13-8-6-5-7-9-13/h5-11H,4H2,1-3H3,(H,19,20). The fourth-order valence-electron chi connectivity index (χ4n) is 2.30. The fraction of sp³-hybridized carbons (Fsp3) is 0.294. The molecule has 1 heterocycles. The molecule has 2 rings (SSSR count). The van der Waals surface area contributed by atoms with E-state index in [4.69, 9.17) is 0 Å². The van der Waals surface area contributed by atoms with Gasteiger partial charge in [0, 0.05) is 5.56 Å². The summed E-state index contributed by atoms with van der Waals surface area (Å²) in [7, 11) is 0. The summed E-state index contributed by atoms with van der Waals surface area (Å²) in [5.41, 5.74) is 3.85. The van der Waals surface area contributed by atoms with Crippen molar-refractivity contribution in [3.05, 3.63) is 53.2 Å². The third-order valence-corrected chi connectivity index (χ3v) is 3.34. The molecule has 0 amide bonds. The van der Waals surface area contributed by atoms with Gasteiger partial charge in [0.1, 0.15) is 0 Å². The van der Waals surface area contributed by atoms with E-state index in [0.29, 0.717) is 11.3 Å². The maximum absolute atomic E-state index is 11.4. The Labute approximate surface area is 119 Å². The second-order valence-electron chi connectivity index (χ2n) is 5.11. The van der Waals surface area contributed by atoms with Crippen LogP contribution in [0.3, 0.4) is 0 Å². The normalized spacial score (nSPS) is 10.8. The second-order valence-corrected chi connectivity index (χ2v) is 5.11. The Morgan fingerprint density at radius 3 is 2.40 bits per heavy atom. The van der Waals surface area contributed by atoms with Crippen LogP contribution in [0.2, 0.25) is 0 Å². The van der Waals surface area contributed by atoms with E-state index in [0.717, 1.165) is 23.2 Å². The van der Waals surface area contributed by atoms with Crippen molar-refractivity contribution in [1.29, 1.82) is 0 Å². The number of nitrogens with zero attached hydrogens (tertiary/aromatic N) is 1. The van der Waals surface area contributed by atoms with Gasteiger partial charge in [-0.15, -0.1) is 0 Å². The van der Waals surface area contributed by atoms with Gasteiger partial charge in [-0.2, -0.15) is 0 Å². The fourth-order valence-corrected chi connectivity index (χ4v) is 2.30. The molecule has 0 spiro atoms. The van der Waals surface area contributed by atoms with E-state index in [1.807, 2.05) is 51.1 Å². The minimum absolute atomic E-state index is 0.0782. The van der Waals surface area contributed by atoms with Crippen LogP contribution in [0.1, 0.15) is 48.3 Å². The van der Waals surface area contributed by atoms with Crippen LogP contribution < -0.4 is 0 Å². The molecular weight excluding hydrogens is 250 g/mol. The van der Waals surface area contributed by atoms with Gasteiger partial charge in [-0.3, -0.25) is 4.98 Å². The minimum Gasteiger partial charge on any atom is -0.478 e. The van der Waals surface area contributed by atoms with E-state index in [2.05, 4.69) is 4.98 Å². The second kappa shape index (κ2) is 5.87. The predicted octanol–water partition coefficient (Wildman–Crippen LogP) is 4.13. The van der Waals surface area contributed by atoms with E-state index in [1.165, 1.54) is 0 Å². The number of hydrogen-bond donors (Lipinski definition) is 1. The number of rotatable bonds is 4. The first-order valence-corrected chi connectivity index (χ1v) is 6.87.